The fraction of sp³-hybridized carbons (Fsp3) is 0.800. The van der Waals surface area contributed by atoms with E-state index in [9.17, 15) is 4.79 Å². The van der Waals surface area contributed by atoms with Gasteiger partial charge in [0.25, 0.3) is 0 Å². The largest absolute Gasteiger partial charge is 0.462 e. The monoisotopic (exact) mass is 256 g/mol. The zero-order chi connectivity index (χ0) is 13.6. The SMILES string of the molecule is C=C(C)C(=O)OCCCCCCOCCCCC. The summed E-state index contributed by atoms with van der Waals surface area (Å²) in [5, 5.41) is 0. The van der Waals surface area contributed by atoms with Crippen LogP contribution in [0.3, 0.4) is 0 Å². The maximum absolute atomic E-state index is 11.1. The number of hydrogen-bond donors (Lipinski definition) is 0. The summed E-state index contributed by atoms with van der Waals surface area (Å²) in [5.74, 6) is -0.283. The molecule has 0 aliphatic heterocycles. The van der Waals surface area contributed by atoms with Crippen molar-refractivity contribution < 1.29 is 14.3 Å². The van der Waals surface area contributed by atoms with E-state index in [4.69, 9.17) is 9.47 Å². The van der Waals surface area contributed by atoms with Gasteiger partial charge in [0.1, 0.15) is 0 Å². The van der Waals surface area contributed by atoms with Gasteiger partial charge in [-0.1, -0.05) is 32.8 Å². The Morgan fingerprint density at radius 3 is 2.06 bits per heavy atom. The molecule has 0 aliphatic rings. The van der Waals surface area contributed by atoms with E-state index in [1.54, 1.807) is 6.92 Å². The molecule has 106 valence electrons. The lowest BCUT2D eigenvalue weighted by molar-refractivity contribution is -0.139. The van der Waals surface area contributed by atoms with Crippen molar-refractivity contribution in [3.8, 4) is 0 Å². The van der Waals surface area contributed by atoms with Crippen LogP contribution >= 0.6 is 0 Å². The molecule has 0 radical (unpaired) electrons. The summed E-state index contributed by atoms with van der Waals surface area (Å²) in [4.78, 5) is 11.1. The topological polar surface area (TPSA) is 35.5 Å². The van der Waals surface area contributed by atoms with Crippen molar-refractivity contribution in [2.24, 2.45) is 0 Å². The van der Waals surface area contributed by atoms with Crippen LogP contribution in [-0.4, -0.2) is 25.8 Å². The van der Waals surface area contributed by atoms with Gasteiger partial charge in [0.2, 0.25) is 0 Å². The van der Waals surface area contributed by atoms with Crippen LogP contribution in [0.2, 0.25) is 0 Å². The molecule has 18 heavy (non-hydrogen) atoms. The summed E-state index contributed by atoms with van der Waals surface area (Å²) in [6.07, 6.45) is 7.92. The summed E-state index contributed by atoms with van der Waals surface area (Å²) in [6, 6.07) is 0. The Balaban J connectivity index is 3.07. The highest BCUT2D eigenvalue weighted by atomic mass is 16.5. The zero-order valence-corrected chi connectivity index (χ0v) is 12.0. The van der Waals surface area contributed by atoms with Crippen LogP contribution in [0.15, 0.2) is 12.2 Å². The Kier molecular flexibility index (Phi) is 12.0. The fourth-order valence-electron chi connectivity index (χ4n) is 1.50. The molecule has 3 heteroatoms. The molecule has 0 saturated carbocycles. The van der Waals surface area contributed by atoms with E-state index >= 15 is 0 Å². The number of ether oxygens (including phenoxy) is 2. The van der Waals surface area contributed by atoms with Crippen LogP contribution in [0.25, 0.3) is 0 Å². The smallest absolute Gasteiger partial charge is 0.333 e. The molecule has 0 bridgehead atoms. The molecule has 0 amide bonds. The maximum atomic E-state index is 11.1. The minimum absolute atomic E-state index is 0.283. The summed E-state index contributed by atoms with van der Waals surface area (Å²) in [5.41, 5.74) is 0.468. The number of rotatable bonds is 12. The van der Waals surface area contributed by atoms with Gasteiger partial charge in [-0.15, -0.1) is 0 Å². The highest BCUT2D eigenvalue weighted by molar-refractivity contribution is 5.86. The predicted octanol–water partition coefficient (Wildman–Crippen LogP) is 3.87. The molecule has 0 unspecified atom stereocenters. The molecule has 0 aromatic carbocycles. The average Bonchev–Trinajstić information content (AvgIpc) is 2.35. The van der Waals surface area contributed by atoms with E-state index in [0.29, 0.717) is 12.2 Å². The van der Waals surface area contributed by atoms with E-state index in [-0.39, 0.29) is 5.97 Å². The zero-order valence-electron chi connectivity index (χ0n) is 12.0. The normalized spacial score (nSPS) is 10.3. The van der Waals surface area contributed by atoms with Crippen molar-refractivity contribution in [1.29, 1.82) is 0 Å². The van der Waals surface area contributed by atoms with Gasteiger partial charge < -0.3 is 9.47 Å². The van der Waals surface area contributed by atoms with Gasteiger partial charge in [-0.05, 0) is 32.6 Å². The lowest BCUT2D eigenvalue weighted by atomic mass is 10.2. The molecule has 0 spiro atoms. The van der Waals surface area contributed by atoms with E-state index in [1.807, 2.05) is 0 Å². The molecule has 0 rings (SSSR count). The summed E-state index contributed by atoms with van der Waals surface area (Å²) in [6.45, 7) is 9.65. The highest BCUT2D eigenvalue weighted by Crippen LogP contribution is 2.02. The number of esters is 1. The number of hydrogen-bond acceptors (Lipinski definition) is 3. The Morgan fingerprint density at radius 1 is 0.944 bits per heavy atom. The second kappa shape index (κ2) is 12.6. The van der Waals surface area contributed by atoms with Crippen LogP contribution in [0, 0.1) is 0 Å². The van der Waals surface area contributed by atoms with E-state index in [1.165, 1.54) is 19.3 Å². The molecule has 0 heterocycles. The second-order valence-corrected chi connectivity index (χ2v) is 4.65. The minimum atomic E-state index is -0.283. The van der Waals surface area contributed by atoms with Gasteiger partial charge >= 0.3 is 5.97 Å². The number of carbonyl (C=O) groups excluding carboxylic acids is 1. The standard InChI is InChI=1S/C15H28O3/c1-4-5-8-11-17-12-9-6-7-10-13-18-15(16)14(2)3/h2,4-13H2,1,3H3. The Bertz CT molecular complexity index is 224. The van der Waals surface area contributed by atoms with Gasteiger partial charge in [-0.2, -0.15) is 0 Å². The molecule has 3 nitrogen and oxygen atoms in total. The van der Waals surface area contributed by atoms with Crippen LogP contribution in [0.1, 0.15) is 58.8 Å². The van der Waals surface area contributed by atoms with Gasteiger partial charge in [0.15, 0.2) is 0 Å². The van der Waals surface area contributed by atoms with Gasteiger partial charge in [-0.3, -0.25) is 0 Å². The summed E-state index contributed by atoms with van der Waals surface area (Å²) in [7, 11) is 0. The van der Waals surface area contributed by atoms with Crippen molar-refractivity contribution in [1.82, 2.24) is 0 Å². The van der Waals surface area contributed by atoms with Crippen molar-refractivity contribution in [2.45, 2.75) is 58.8 Å². The Morgan fingerprint density at radius 2 is 1.50 bits per heavy atom. The second-order valence-electron chi connectivity index (χ2n) is 4.65. The van der Waals surface area contributed by atoms with Crippen LogP contribution in [0.4, 0.5) is 0 Å². The van der Waals surface area contributed by atoms with Crippen molar-refractivity contribution in [2.75, 3.05) is 19.8 Å². The van der Waals surface area contributed by atoms with Gasteiger partial charge in [0.05, 0.1) is 6.61 Å². The van der Waals surface area contributed by atoms with E-state index in [2.05, 4.69) is 13.5 Å². The van der Waals surface area contributed by atoms with E-state index < -0.39 is 0 Å². The molecular weight excluding hydrogens is 228 g/mol. The van der Waals surface area contributed by atoms with Crippen LogP contribution in [0.5, 0.6) is 0 Å². The molecular formula is C15H28O3. The minimum Gasteiger partial charge on any atom is -0.462 e. The molecule has 0 aromatic rings. The highest BCUT2D eigenvalue weighted by Gasteiger charge is 2.01. The van der Waals surface area contributed by atoms with Crippen LogP contribution < -0.4 is 0 Å². The number of carbonyl (C=O) groups is 1. The third-order valence-corrected chi connectivity index (χ3v) is 2.66. The summed E-state index contributed by atoms with van der Waals surface area (Å²) >= 11 is 0. The van der Waals surface area contributed by atoms with Gasteiger partial charge in [0, 0.05) is 18.8 Å². The van der Waals surface area contributed by atoms with E-state index in [0.717, 1.165) is 38.9 Å². The Labute approximate surface area is 112 Å². The van der Waals surface area contributed by atoms with Crippen molar-refractivity contribution in [3.63, 3.8) is 0 Å². The molecule has 0 fully saturated rings. The molecule has 0 aromatic heterocycles. The first-order chi connectivity index (χ1) is 8.68. The quantitative estimate of drug-likeness (QED) is 0.302. The third kappa shape index (κ3) is 11.6. The molecule has 0 atom stereocenters. The molecule has 0 saturated heterocycles. The lowest BCUT2D eigenvalue weighted by Gasteiger charge is -2.05. The molecule has 0 N–H and O–H groups in total. The first-order valence-corrected chi connectivity index (χ1v) is 7.08. The first-order valence-electron chi connectivity index (χ1n) is 7.08. The Hall–Kier alpha value is -0.830. The third-order valence-electron chi connectivity index (χ3n) is 2.66. The first kappa shape index (κ1) is 17.2. The van der Waals surface area contributed by atoms with Crippen molar-refractivity contribution in [3.05, 3.63) is 12.2 Å². The molecule has 0 aliphatic carbocycles. The average molecular weight is 256 g/mol. The van der Waals surface area contributed by atoms with Crippen LogP contribution in [-0.2, 0) is 14.3 Å². The fourth-order valence-corrected chi connectivity index (χ4v) is 1.50. The van der Waals surface area contributed by atoms with Gasteiger partial charge in [-0.25, -0.2) is 4.79 Å². The number of unbranched alkanes of at least 4 members (excludes halogenated alkanes) is 5. The summed E-state index contributed by atoms with van der Waals surface area (Å²) < 4.78 is 10.5. The van der Waals surface area contributed by atoms with Crippen molar-refractivity contribution >= 4 is 5.97 Å². The lowest BCUT2D eigenvalue weighted by Crippen LogP contribution is -2.06. The predicted molar refractivity (Wildman–Crippen MR) is 74.6 cm³/mol. The maximum Gasteiger partial charge on any atom is 0.333 e.